The highest BCUT2D eigenvalue weighted by Gasteiger charge is 2.32. The maximum absolute atomic E-state index is 5.65. The lowest BCUT2D eigenvalue weighted by atomic mass is 9.69. The average Bonchev–Trinajstić information content (AvgIpc) is 3.21. The van der Waals surface area contributed by atoms with Crippen LogP contribution < -0.4 is 4.74 Å². The van der Waals surface area contributed by atoms with E-state index in [-0.39, 0.29) is 0 Å². The van der Waals surface area contributed by atoms with Gasteiger partial charge in [-0.1, -0.05) is 204 Å². The summed E-state index contributed by atoms with van der Waals surface area (Å²) in [6, 6.07) is 28.4. The highest BCUT2D eigenvalue weighted by molar-refractivity contribution is 5.38. The third-order valence-electron chi connectivity index (χ3n) is 10.6. The molecule has 1 heteroatoms. The van der Waals surface area contributed by atoms with Crippen molar-refractivity contribution in [2.45, 2.75) is 201 Å². The van der Waals surface area contributed by atoms with Gasteiger partial charge in [0, 0.05) is 0 Å². The van der Waals surface area contributed by atoms with Crippen LogP contribution in [0.1, 0.15) is 217 Å². The van der Waals surface area contributed by atoms with E-state index in [1.54, 1.807) is 16.7 Å². The number of hydrogen-bond acceptors (Lipinski definition) is 1. The second-order valence-corrected chi connectivity index (χ2v) is 16.9. The van der Waals surface area contributed by atoms with Crippen LogP contribution in [0, 0.1) is 22.2 Å². The third kappa shape index (κ3) is 18.4. The first-order valence-corrected chi connectivity index (χ1v) is 22.6. The van der Waals surface area contributed by atoms with Crippen LogP contribution in [0.2, 0.25) is 0 Å². The van der Waals surface area contributed by atoms with Gasteiger partial charge in [-0.15, -0.1) is 0 Å². The van der Waals surface area contributed by atoms with Crippen LogP contribution in [0.25, 0.3) is 0 Å². The molecule has 1 fully saturated rings. The highest BCUT2D eigenvalue weighted by atomic mass is 16.5. The van der Waals surface area contributed by atoms with E-state index >= 15 is 0 Å². The van der Waals surface area contributed by atoms with Gasteiger partial charge >= 0.3 is 0 Å². The smallest absolute Gasteiger partial charge is 0.122 e. The predicted molar refractivity (Wildman–Crippen MR) is 248 cm³/mol. The van der Waals surface area contributed by atoms with Crippen LogP contribution in [0.5, 0.6) is 5.75 Å². The summed E-state index contributed by atoms with van der Waals surface area (Å²) in [5, 5.41) is 0. The predicted octanol–water partition coefficient (Wildman–Crippen LogP) is 17.9. The van der Waals surface area contributed by atoms with Crippen LogP contribution >= 0.6 is 0 Å². The van der Waals surface area contributed by atoms with E-state index in [0.717, 1.165) is 36.5 Å². The van der Waals surface area contributed by atoms with Crippen LogP contribution in [0.15, 0.2) is 78.9 Å². The van der Waals surface area contributed by atoms with Crippen molar-refractivity contribution in [1.82, 2.24) is 0 Å². The molecule has 0 radical (unpaired) electrons. The Labute approximate surface area is 339 Å². The summed E-state index contributed by atoms with van der Waals surface area (Å²) in [5.41, 5.74) is 7.36. The van der Waals surface area contributed by atoms with Crippen molar-refractivity contribution in [3.8, 4) is 5.75 Å². The summed E-state index contributed by atoms with van der Waals surface area (Å²) in [7, 11) is 0. The van der Waals surface area contributed by atoms with Gasteiger partial charge in [-0.05, 0) is 120 Å². The molecule has 3 aliphatic rings. The summed E-state index contributed by atoms with van der Waals surface area (Å²) in [5.74, 6) is 4.21. The Morgan fingerprint density at radius 2 is 0.889 bits per heavy atom. The van der Waals surface area contributed by atoms with E-state index < -0.39 is 0 Å². The van der Waals surface area contributed by atoms with E-state index in [4.69, 9.17) is 4.74 Å². The number of para-hydroxylation sites is 1. The zero-order valence-corrected chi connectivity index (χ0v) is 39.6. The largest absolute Gasteiger partial charge is 0.493 e. The molecule has 2 atom stereocenters. The van der Waals surface area contributed by atoms with Crippen LogP contribution in [-0.2, 0) is 6.42 Å². The molecule has 3 aromatic rings. The van der Waals surface area contributed by atoms with Gasteiger partial charge in [0.2, 0.25) is 0 Å². The molecular formula is C53H92O. The monoisotopic (exact) mass is 745 g/mol. The second-order valence-electron chi connectivity index (χ2n) is 16.9. The molecule has 1 nitrogen and oxygen atoms in total. The normalized spacial score (nSPS) is 19.6. The lowest BCUT2D eigenvalue weighted by Crippen LogP contribution is -2.25. The first-order valence-electron chi connectivity index (χ1n) is 22.6. The van der Waals surface area contributed by atoms with E-state index in [1.807, 2.05) is 75.3 Å². The first kappa shape index (κ1) is 53.6. The minimum atomic E-state index is 0.333. The van der Waals surface area contributed by atoms with Gasteiger partial charge in [0.05, 0.1) is 6.61 Å². The highest BCUT2D eigenvalue weighted by Crippen LogP contribution is 2.45. The Morgan fingerprint density at radius 1 is 0.444 bits per heavy atom. The molecule has 0 N–H and O–H groups in total. The molecule has 0 spiro atoms. The Morgan fingerprint density at radius 3 is 1.39 bits per heavy atom. The Kier molecular flexibility index (Phi) is 28.6. The maximum atomic E-state index is 5.65. The van der Waals surface area contributed by atoms with E-state index in [2.05, 4.69) is 135 Å². The van der Waals surface area contributed by atoms with E-state index in [1.165, 1.54) is 50.5 Å². The minimum Gasteiger partial charge on any atom is -0.493 e. The summed E-state index contributed by atoms with van der Waals surface area (Å²) >= 11 is 0. The van der Waals surface area contributed by atoms with Crippen LogP contribution in [-0.4, -0.2) is 6.61 Å². The van der Waals surface area contributed by atoms with Crippen molar-refractivity contribution in [2.24, 2.45) is 22.2 Å². The lowest BCUT2D eigenvalue weighted by Gasteiger charge is -2.37. The van der Waals surface area contributed by atoms with Crippen molar-refractivity contribution in [2.75, 3.05) is 6.61 Å². The molecular weight excluding hydrogens is 653 g/mol. The molecule has 0 bridgehead atoms. The lowest BCUT2D eigenvalue weighted by molar-refractivity contribution is 0.169. The quantitative estimate of drug-likeness (QED) is 0.241. The molecule has 2 aliphatic carbocycles. The Balaban J connectivity index is 0. The van der Waals surface area contributed by atoms with Gasteiger partial charge in [0.1, 0.15) is 5.75 Å². The van der Waals surface area contributed by atoms with E-state index in [9.17, 15) is 0 Å². The summed E-state index contributed by atoms with van der Waals surface area (Å²) in [6.07, 6.45) is 10.7. The minimum absolute atomic E-state index is 0.333. The van der Waals surface area contributed by atoms with E-state index in [0.29, 0.717) is 22.2 Å². The molecule has 310 valence electrons. The summed E-state index contributed by atoms with van der Waals surface area (Å²) in [6.45, 7) is 42.0. The number of aryl methyl sites for hydroxylation is 1. The van der Waals surface area contributed by atoms with Gasteiger partial charge in [0.25, 0.3) is 0 Å². The molecule has 54 heavy (non-hydrogen) atoms. The van der Waals surface area contributed by atoms with Gasteiger partial charge < -0.3 is 4.74 Å². The van der Waals surface area contributed by atoms with Gasteiger partial charge in [-0.3, -0.25) is 0 Å². The Hall–Kier alpha value is -2.54. The average molecular weight is 745 g/mol. The summed E-state index contributed by atoms with van der Waals surface area (Å²) in [4.78, 5) is 0. The van der Waals surface area contributed by atoms with Crippen molar-refractivity contribution in [1.29, 1.82) is 0 Å². The van der Waals surface area contributed by atoms with Crippen LogP contribution in [0.4, 0.5) is 0 Å². The second kappa shape index (κ2) is 28.8. The van der Waals surface area contributed by atoms with Crippen molar-refractivity contribution in [3.05, 3.63) is 101 Å². The van der Waals surface area contributed by atoms with Crippen molar-refractivity contribution >= 4 is 0 Å². The number of hydrogen-bond donors (Lipinski definition) is 0. The molecule has 1 heterocycles. The summed E-state index contributed by atoms with van der Waals surface area (Å²) < 4.78 is 5.65. The van der Waals surface area contributed by atoms with Crippen molar-refractivity contribution in [3.63, 3.8) is 0 Å². The van der Waals surface area contributed by atoms with Crippen LogP contribution in [0.3, 0.4) is 0 Å². The first-order chi connectivity index (χ1) is 25.7. The molecule has 0 saturated heterocycles. The fraction of sp³-hybridized carbons (Fsp3) is 0.660. The molecule has 6 rings (SSSR count). The standard InChI is InChI=1S/C16H24.C14H20.C13H18O.5C2H6/c1-16(2,3)15-11-9-14(10-12-15)13-7-5-4-6-8-13;1-14(2,3)13-10-6-8-11-7-4-5-9-12(11)13;1-13(2,3)11-8-9-14-12-7-5-4-6-10(11)12;5*1-2/h4-8,14-15H,9-12H2,1-3H3;4-5,7,9,13H,6,8,10H2,1-3H3;4-7,11H,8-9H2,1-3H3;5*1-2H3. The van der Waals surface area contributed by atoms with Gasteiger partial charge in [0.15, 0.2) is 0 Å². The SMILES string of the molecule is CC.CC.CC.CC.CC.CC(C)(C)C1CCC(c2ccccc2)CC1.CC(C)(C)C1CCCc2ccccc21.CC(C)(C)C1CCOc2ccccc21. The molecule has 0 aromatic heterocycles. The molecule has 3 aromatic carbocycles. The maximum Gasteiger partial charge on any atom is 0.122 e. The van der Waals surface area contributed by atoms with Gasteiger partial charge in [-0.25, -0.2) is 0 Å². The molecule has 2 unspecified atom stereocenters. The zero-order valence-electron chi connectivity index (χ0n) is 39.6. The molecule has 1 aliphatic heterocycles. The third-order valence-corrected chi connectivity index (χ3v) is 10.6. The number of fused-ring (bicyclic) bond motifs is 2. The topological polar surface area (TPSA) is 9.23 Å². The zero-order chi connectivity index (χ0) is 42.0. The number of rotatable bonds is 1. The van der Waals surface area contributed by atoms with Gasteiger partial charge in [-0.2, -0.15) is 0 Å². The fourth-order valence-electron chi connectivity index (χ4n) is 7.91. The van der Waals surface area contributed by atoms with Crippen molar-refractivity contribution < 1.29 is 4.74 Å². The number of benzene rings is 3. The number of ether oxygens (including phenoxy) is 1. The molecule has 0 amide bonds. The molecule has 1 saturated carbocycles. The fourth-order valence-corrected chi connectivity index (χ4v) is 7.91. The Bertz CT molecular complexity index is 1210.